The highest BCUT2D eigenvalue weighted by molar-refractivity contribution is 6.00. The molecule has 0 saturated carbocycles. The van der Waals surface area contributed by atoms with Crippen molar-refractivity contribution in [1.29, 1.82) is 0 Å². The number of nitrogens with one attached hydrogen (secondary N) is 1. The molecule has 3 saturated heterocycles. The Morgan fingerprint density at radius 2 is 1.78 bits per heavy atom. The molecule has 1 amide bonds. The first-order valence-corrected chi connectivity index (χ1v) is 19.5. The second-order valence-corrected chi connectivity index (χ2v) is 16.4. The second kappa shape index (κ2) is 17.4. The summed E-state index contributed by atoms with van der Waals surface area (Å²) in [4.78, 5) is 64.3. The molecule has 2 unspecified atom stereocenters. The molecule has 54 heavy (non-hydrogen) atoms. The normalized spacial score (nSPS) is 35.3. The van der Waals surface area contributed by atoms with Gasteiger partial charge in [-0.2, -0.15) is 0 Å². The third-order valence-corrected chi connectivity index (χ3v) is 11.5. The lowest BCUT2D eigenvalue weighted by molar-refractivity contribution is -0.284. The van der Waals surface area contributed by atoms with E-state index in [1.54, 1.807) is 39.5 Å². The number of Topliss-reactive ketones (excluding diaryl/α,β-unsaturated/α-hetero) is 2. The maximum absolute atomic E-state index is 14.4. The van der Waals surface area contributed by atoms with Gasteiger partial charge in [-0.25, -0.2) is 20.2 Å². The molecule has 298 valence electrons. The van der Waals surface area contributed by atoms with E-state index in [-0.39, 0.29) is 24.2 Å². The molecule has 0 aromatic carbocycles. The number of aryl methyl sites for hydroxylation is 1. The van der Waals surface area contributed by atoms with E-state index >= 15 is 0 Å². The summed E-state index contributed by atoms with van der Waals surface area (Å²) < 4.78 is 26.4. The van der Waals surface area contributed by atoms with Crippen molar-refractivity contribution in [3.8, 4) is 11.3 Å². The van der Waals surface area contributed by atoms with Crippen molar-refractivity contribution < 1.29 is 43.2 Å². The standard InChI is InChI=1S/C40H59N5O9/c1-10-30-35-31(45(39(50)53-35)43-15-12-16-44-20-29(42-21-44)28-13-11-14-41-19-28)25(5)32(46)23(3)18-40(8,9)36(26(6)34(48)27(7)37(49)52-30)54-38-33(47)22(2)17-24(4)51-38/h11,13-14,19-27,30-31,33,35-36,38,43,47H,10,12,15-18H2,1-9H3/t22-,23+,24+,25+,26-,27+,30+,31+,33+,35?,36+,38?/m0/s1. The molecule has 0 bridgehead atoms. The van der Waals surface area contributed by atoms with Crippen LogP contribution < -0.4 is 5.43 Å². The zero-order chi connectivity index (χ0) is 39.5. The number of aromatic nitrogens is 3. The third-order valence-electron chi connectivity index (χ3n) is 11.5. The number of fused-ring (bicyclic) bond motifs is 1. The Balaban J connectivity index is 1.38. The van der Waals surface area contributed by atoms with E-state index in [1.165, 1.54) is 11.9 Å². The molecule has 5 rings (SSSR count). The van der Waals surface area contributed by atoms with Gasteiger partial charge in [0.2, 0.25) is 0 Å². The second-order valence-electron chi connectivity index (χ2n) is 16.4. The molecule has 12 atom stereocenters. The van der Waals surface area contributed by atoms with Crippen molar-refractivity contribution in [2.45, 2.75) is 137 Å². The van der Waals surface area contributed by atoms with Gasteiger partial charge in [-0.05, 0) is 63.0 Å². The van der Waals surface area contributed by atoms with Crippen molar-refractivity contribution in [3.63, 3.8) is 0 Å². The van der Waals surface area contributed by atoms with Crippen LogP contribution in [0.3, 0.4) is 0 Å². The molecule has 14 nitrogen and oxygen atoms in total. The Morgan fingerprint density at radius 3 is 2.46 bits per heavy atom. The first-order valence-electron chi connectivity index (χ1n) is 19.5. The molecule has 0 radical (unpaired) electrons. The first-order chi connectivity index (χ1) is 25.5. The highest BCUT2D eigenvalue weighted by Gasteiger charge is 2.53. The number of carbonyl (C=O) groups is 4. The smallest absolute Gasteiger partial charge is 0.425 e. The quantitative estimate of drug-likeness (QED) is 0.200. The molecule has 2 aromatic heterocycles. The Bertz CT molecular complexity index is 1620. The fourth-order valence-electron chi connectivity index (χ4n) is 8.54. The topological polar surface area (TPSA) is 171 Å². The lowest BCUT2D eigenvalue weighted by Crippen LogP contribution is -2.55. The molecule has 14 heteroatoms. The van der Waals surface area contributed by atoms with Crippen molar-refractivity contribution in [1.82, 2.24) is 25.0 Å². The monoisotopic (exact) mass is 753 g/mol. The van der Waals surface area contributed by atoms with Crippen LogP contribution in [0.4, 0.5) is 4.79 Å². The summed E-state index contributed by atoms with van der Waals surface area (Å²) in [7, 11) is 0. The Hall–Kier alpha value is -3.72. The molecule has 2 aromatic rings. The summed E-state index contributed by atoms with van der Waals surface area (Å²) in [6, 6.07) is 3.00. The van der Waals surface area contributed by atoms with Crippen molar-refractivity contribution >= 4 is 23.6 Å². The SMILES string of the molecule is CC[C@H]1OC(=O)[C@H](C)C(=O)[C@H](C)[C@@H](OC2O[C@H](C)C[C@H](C)[C@H]2O)C(C)(C)C[C@@H](C)C(=O)[C@H](C)[C@@H]2C1OC(=O)N2NCCCn1cnc(-c2cccnc2)c1. The average molecular weight is 754 g/mol. The zero-order valence-electron chi connectivity index (χ0n) is 33.1. The summed E-state index contributed by atoms with van der Waals surface area (Å²) in [5.74, 6) is -4.54. The maximum atomic E-state index is 14.4. The van der Waals surface area contributed by atoms with Crippen LogP contribution in [0.15, 0.2) is 37.1 Å². The Morgan fingerprint density at radius 1 is 1.04 bits per heavy atom. The molecular weight excluding hydrogens is 694 g/mol. The van der Waals surface area contributed by atoms with E-state index in [0.29, 0.717) is 32.4 Å². The van der Waals surface area contributed by atoms with Gasteiger partial charge >= 0.3 is 12.1 Å². The van der Waals surface area contributed by atoms with E-state index in [4.69, 9.17) is 18.9 Å². The first kappa shape index (κ1) is 41.4. The van der Waals surface area contributed by atoms with Crippen LogP contribution in [0.25, 0.3) is 11.3 Å². The third kappa shape index (κ3) is 9.04. The number of aliphatic hydroxyl groups excluding tert-OH is 1. The van der Waals surface area contributed by atoms with Gasteiger partial charge in [0, 0.05) is 55.0 Å². The number of amides is 1. The average Bonchev–Trinajstić information content (AvgIpc) is 3.75. The van der Waals surface area contributed by atoms with E-state index in [9.17, 15) is 24.3 Å². The van der Waals surface area contributed by atoms with Gasteiger partial charge in [-0.1, -0.05) is 48.5 Å². The van der Waals surface area contributed by atoms with E-state index in [0.717, 1.165) is 11.3 Å². The van der Waals surface area contributed by atoms with Crippen LogP contribution in [-0.2, 0) is 39.9 Å². The minimum absolute atomic E-state index is 0.0929. The number of ether oxygens (including phenoxy) is 4. The number of esters is 1. The molecule has 3 aliphatic rings. The highest BCUT2D eigenvalue weighted by Crippen LogP contribution is 2.41. The van der Waals surface area contributed by atoms with E-state index < -0.39 is 83.7 Å². The zero-order valence-corrected chi connectivity index (χ0v) is 33.1. The minimum Gasteiger partial charge on any atom is -0.458 e. The predicted octanol–water partition coefficient (Wildman–Crippen LogP) is 4.98. The van der Waals surface area contributed by atoms with E-state index in [2.05, 4.69) is 15.4 Å². The molecule has 0 aliphatic carbocycles. The molecule has 3 fully saturated rings. The molecule has 0 spiro atoms. The number of hydrogen-bond donors (Lipinski definition) is 2. The van der Waals surface area contributed by atoms with Gasteiger partial charge in [0.25, 0.3) is 0 Å². The largest absolute Gasteiger partial charge is 0.458 e. The number of nitrogens with zero attached hydrogens (tertiary/aromatic N) is 4. The lowest BCUT2D eigenvalue weighted by atomic mass is 9.70. The van der Waals surface area contributed by atoms with Gasteiger partial charge < -0.3 is 28.6 Å². The van der Waals surface area contributed by atoms with Gasteiger partial charge in [0.05, 0.1) is 24.2 Å². The van der Waals surface area contributed by atoms with Crippen LogP contribution in [0.5, 0.6) is 0 Å². The Labute approximate surface area is 318 Å². The summed E-state index contributed by atoms with van der Waals surface area (Å²) in [5, 5.41) is 12.4. The van der Waals surface area contributed by atoms with Gasteiger partial charge in [-0.15, -0.1) is 0 Å². The summed E-state index contributed by atoms with van der Waals surface area (Å²) in [6.07, 6.45) is 3.62. The molecular formula is C40H59N5O9. The van der Waals surface area contributed by atoms with Crippen LogP contribution in [-0.4, -0.2) is 97.7 Å². The molecule has 2 N–H and O–H groups in total. The fourth-order valence-corrected chi connectivity index (χ4v) is 8.54. The number of hydrazine groups is 1. The van der Waals surface area contributed by atoms with Crippen LogP contribution >= 0.6 is 0 Å². The van der Waals surface area contributed by atoms with Crippen molar-refractivity contribution in [2.24, 2.45) is 35.0 Å². The van der Waals surface area contributed by atoms with Crippen LogP contribution in [0.2, 0.25) is 0 Å². The maximum Gasteiger partial charge on any atom is 0.425 e. The van der Waals surface area contributed by atoms with Gasteiger partial charge in [0.1, 0.15) is 30.0 Å². The number of carbonyl (C=O) groups excluding carboxylic acids is 4. The van der Waals surface area contributed by atoms with E-state index in [1.807, 2.05) is 57.5 Å². The Kier molecular flexibility index (Phi) is 13.3. The lowest BCUT2D eigenvalue weighted by Gasteiger charge is -2.45. The number of hydrogen-bond acceptors (Lipinski definition) is 12. The van der Waals surface area contributed by atoms with Crippen LogP contribution in [0, 0.1) is 35.0 Å². The number of aliphatic hydroxyl groups is 1. The van der Waals surface area contributed by atoms with Crippen molar-refractivity contribution in [2.75, 3.05) is 6.54 Å². The number of imidazole rings is 1. The predicted molar refractivity (Wildman–Crippen MR) is 198 cm³/mol. The number of rotatable bonds is 9. The summed E-state index contributed by atoms with van der Waals surface area (Å²) >= 11 is 0. The van der Waals surface area contributed by atoms with Crippen LogP contribution in [0.1, 0.15) is 88.0 Å². The number of cyclic esters (lactones) is 1. The molecule has 3 aliphatic heterocycles. The minimum atomic E-state index is -1.16. The summed E-state index contributed by atoms with van der Waals surface area (Å²) in [5.41, 5.74) is 4.13. The summed E-state index contributed by atoms with van der Waals surface area (Å²) in [6.45, 7) is 17.4. The van der Waals surface area contributed by atoms with Crippen molar-refractivity contribution in [3.05, 3.63) is 37.1 Å². The highest BCUT2D eigenvalue weighted by atomic mass is 16.7. The van der Waals surface area contributed by atoms with Gasteiger partial charge in [-0.3, -0.25) is 19.4 Å². The van der Waals surface area contributed by atoms with Gasteiger partial charge in [0.15, 0.2) is 18.2 Å². The number of ketones is 2. The molecule has 5 heterocycles. The number of pyridine rings is 1. The fraction of sp³-hybridized carbons (Fsp3) is 0.700.